The van der Waals surface area contributed by atoms with Gasteiger partial charge in [0, 0.05) is 12.5 Å². The van der Waals surface area contributed by atoms with E-state index in [1.807, 2.05) is 6.92 Å². The molecule has 0 spiro atoms. The Hall–Kier alpha value is -0.790. The van der Waals surface area contributed by atoms with E-state index in [0.29, 0.717) is 6.42 Å². The van der Waals surface area contributed by atoms with Crippen molar-refractivity contribution < 1.29 is 9.90 Å². The number of aliphatic hydroxyl groups is 1. The lowest BCUT2D eigenvalue weighted by Crippen LogP contribution is -1.88. The van der Waals surface area contributed by atoms with Crippen molar-refractivity contribution >= 4 is 5.78 Å². The molecule has 0 aromatic rings. The van der Waals surface area contributed by atoms with E-state index in [2.05, 4.69) is 0 Å². The summed E-state index contributed by atoms with van der Waals surface area (Å²) < 4.78 is 0. The van der Waals surface area contributed by atoms with Crippen molar-refractivity contribution in [2.24, 2.45) is 0 Å². The quantitative estimate of drug-likeness (QED) is 0.447. The minimum atomic E-state index is -0.0185. The zero-order valence-corrected chi connectivity index (χ0v) is 4.92. The van der Waals surface area contributed by atoms with Crippen LogP contribution in [-0.4, -0.2) is 10.9 Å². The van der Waals surface area contributed by atoms with Crippen LogP contribution in [0.2, 0.25) is 0 Å². The zero-order valence-electron chi connectivity index (χ0n) is 4.92. The highest BCUT2D eigenvalue weighted by Gasteiger charge is 1.90. The maximum atomic E-state index is 10.4. The summed E-state index contributed by atoms with van der Waals surface area (Å²) in [6.45, 7) is 1.92. The molecule has 8 heavy (non-hydrogen) atoms. The zero-order chi connectivity index (χ0) is 6.41. The van der Waals surface area contributed by atoms with Gasteiger partial charge in [-0.05, 0) is 6.42 Å². The van der Waals surface area contributed by atoms with E-state index in [4.69, 9.17) is 5.11 Å². The molecule has 0 radical (unpaired) electrons. The number of hydrogen-bond donors (Lipinski definition) is 1. The van der Waals surface area contributed by atoms with E-state index in [0.717, 1.165) is 12.7 Å². The van der Waals surface area contributed by atoms with Crippen LogP contribution >= 0.6 is 0 Å². The fraction of sp³-hybridized carbons (Fsp3) is 0.500. The monoisotopic (exact) mass is 116 g/mol. The molecule has 0 aliphatic rings. The van der Waals surface area contributed by atoms with Gasteiger partial charge < -0.3 is 5.11 Å². The van der Waals surface area contributed by atoms with E-state index in [1.54, 1.807) is 0 Å². The lowest BCUT2D eigenvalue weighted by atomic mass is 10.2. The molecule has 1 N–H and O–H groups in total. The Labute approximate surface area is 48.8 Å². The molecule has 0 heterocycles. The summed E-state index contributed by atoms with van der Waals surface area (Å²) in [5, 5.41) is 8.06. The summed E-state index contributed by atoms with van der Waals surface area (Å²) in [6, 6.07) is 0. The van der Waals surface area contributed by atoms with Crippen LogP contribution in [-0.2, 0) is 4.79 Å². The van der Waals surface area contributed by atoms with Crippen LogP contribution in [0.5, 0.6) is 0 Å². The van der Waals surface area contributed by atoms with Gasteiger partial charge in [0.1, 0.15) is 0 Å². The van der Waals surface area contributed by atoms with Crippen molar-refractivity contribution in [2.75, 3.05) is 0 Å². The average molecular weight is 116 g/mol. The van der Waals surface area contributed by atoms with Crippen LogP contribution in [0.15, 0.2) is 12.3 Å². The normalized spacial score (nSPS) is 10.1. The third-order valence-corrected chi connectivity index (χ3v) is 0.757. The van der Waals surface area contributed by atoms with Gasteiger partial charge in [-0.1, -0.05) is 6.92 Å². The van der Waals surface area contributed by atoms with Gasteiger partial charge in [0.2, 0.25) is 0 Å². The Bertz CT molecular complexity index is 94.7. The second-order valence-corrected chi connectivity index (χ2v) is 1.53. The Kier molecular flexibility index (Phi) is 3.94. The average Bonchev–Trinajstić information content (AvgIpc) is 1.68. The highest BCUT2D eigenvalue weighted by atomic mass is 16.4. The SMILES string of the molecule is CCCC(=O)/C=[14CH]/O. The minimum absolute atomic E-state index is 0.0185. The summed E-state index contributed by atoms with van der Waals surface area (Å²) in [6.07, 6.45) is 3.31. The fourth-order valence-electron chi connectivity index (χ4n) is 0.413. The van der Waals surface area contributed by atoms with E-state index in [1.165, 1.54) is 6.08 Å². The summed E-state index contributed by atoms with van der Waals surface area (Å²) in [4.78, 5) is 10.4. The van der Waals surface area contributed by atoms with Gasteiger partial charge in [0.15, 0.2) is 5.78 Å². The van der Waals surface area contributed by atoms with Crippen molar-refractivity contribution in [3.05, 3.63) is 12.3 Å². The number of hydrogen-bond acceptors (Lipinski definition) is 2. The van der Waals surface area contributed by atoms with Crippen LogP contribution < -0.4 is 0 Å². The molecule has 0 aliphatic carbocycles. The Balaban J connectivity index is 3.33. The summed E-state index contributed by atoms with van der Waals surface area (Å²) in [7, 11) is 0. The first-order valence-corrected chi connectivity index (χ1v) is 2.64. The van der Waals surface area contributed by atoms with Crippen LogP contribution in [0.1, 0.15) is 19.8 Å². The maximum Gasteiger partial charge on any atom is 0.158 e. The molecule has 2 heteroatoms. The van der Waals surface area contributed by atoms with Gasteiger partial charge >= 0.3 is 0 Å². The highest BCUT2D eigenvalue weighted by Crippen LogP contribution is 1.88. The van der Waals surface area contributed by atoms with Crippen molar-refractivity contribution in [2.45, 2.75) is 19.8 Å². The molecule has 0 rings (SSSR count). The Morgan fingerprint density at radius 2 is 2.50 bits per heavy atom. The fourth-order valence-corrected chi connectivity index (χ4v) is 0.413. The van der Waals surface area contributed by atoms with Crippen LogP contribution in [0.3, 0.4) is 0 Å². The standard InChI is InChI=1S/C6H10O2/c1-2-3-6(8)4-5-7/h4-5,7H,2-3H2,1H3/b5-4+/i5+2. The van der Waals surface area contributed by atoms with Gasteiger partial charge in [-0.2, -0.15) is 0 Å². The predicted octanol–water partition coefficient (Wildman–Crippen LogP) is 1.43. The number of carbonyl (C=O) groups is 1. The van der Waals surface area contributed by atoms with Crippen molar-refractivity contribution in [3.63, 3.8) is 0 Å². The van der Waals surface area contributed by atoms with E-state index in [-0.39, 0.29) is 5.78 Å². The minimum Gasteiger partial charge on any atom is -0.515 e. The maximum absolute atomic E-state index is 10.4. The highest BCUT2D eigenvalue weighted by molar-refractivity contribution is 5.89. The van der Waals surface area contributed by atoms with Gasteiger partial charge in [0.05, 0.1) is 6.26 Å². The van der Waals surface area contributed by atoms with Crippen molar-refractivity contribution in [1.82, 2.24) is 0 Å². The number of aliphatic hydroxyl groups excluding tert-OH is 1. The second-order valence-electron chi connectivity index (χ2n) is 1.53. The third-order valence-electron chi connectivity index (χ3n) is 0.757. The molecule has 0 atom stereocenters. The van der Waals surface area contributed by atoms with Gasteiger partial charge in [-0.3, -0.25) is 4.79 Å². The van der Waals surface area contributed by atoms with E-state index < -0.39 is 0 Å². The molecule has 2 nitrogen and oxygen atoms in total. The molecule has 0 saturated carbocycles. The molecule has 0 aromatic heterocycles. The topological polar surface area (TPSA) is 37.3 Å². The number of allylic oxidation sites excluding steroid dienone is 1. The van der Waals surface area contributed by atoms with Gasteiger partial charge in [-0.15, -0.1) is 0 Å². The smallest absolute Gasteiger partial charge is 0.158 e. The molecule has 0 aromatic carbocycles. The molecule has 46 valence electrons. The lowest BCUT2D eigenvalue weighted by Gasteiger charge is -1.84. The lowest BCUT2D eigenvalue weighted by molar-refractivity contribution is -0.114. The predicted molar refractivity (Wildman–Crippen MR) is 31.7 cm³/mol. The first-order valence-electron chi connectivity index (χ1n) is 2.64. The Morgan fingerprint density at radius 1 is 1.88 bits per heavy atom. The number of rotatable bonds is 3. The van der Waals surface area contributed by atoms with Crippen LogP contribution in [0.4, 0.5) is 0 Å². The van der Waals surface area contributed by atoms with Crippen LogP contribution in [0, 0.1) is 0 Å². The van der Waals surface area contributed by atoms with Crippen molar-refractivity contribution in [1.29, 1.82) is 0 Å². The van der Waals surface area contributed by atoms with E-state index in [9.17, 15) is 4.79 Å². The summed E-state index contributed by atoms with van der Waals surface area (Å²) in [5.74, 6) is -0.0185. The first-order chi connectivity index (χ1) is 3.81. The molecular formula is C6H10O2. The summed E-state index contributed by atoms with van der Waals surface area (Å²) in [5.41, 5.74) is 0. The van der Waals surface area contributed by atoms with Gasteiger partial charge in [-0.25, -0.2) is 0 Å². The molecule has 0 aliphatic heterocycles. The molecule has 0 fully saturated rings. The molecule has 0 saturated heterocycles. The molecule has 0 amide bonds. The molecular weight excluding hydrogens is 106 g/mol. The second kappa shape index (κ2) is 4.37. The number of ketones is 1. The third kappa shape index (κ3) is 3.40. The van der Waals surface area contributed by atoms with Gasteiger partial charge in [0.25, 0.3) is 0 Å². The molecule has 0 unspecified atom stereocenters. The van der Waals surface area contributed by atoms with Crippen LogP contribution in [0.25, 0.3) is 0 Å². The largest absolute Gasteiger partial charge is 0.515 e. The van der Waals surface area contributed by atoms with Crippen molar-refractivity contribution in [3.8, 4) is 0 Å². The first kappa shape index (κ1) is 7.21. The Morgan fingerprint density at radius 3 is 2.88 bits per heavy atom. The molecule has 0 bridgehead atoms. The summed E-state index contributed by atoms with van der Waals surface area (Å²) >= 11 is 0. The number of carbonyl (C=O) groups excluding carboxylic acids is 1. The van der Waals surface area contributed by atoms with E-state index >= 15 is 0 Å².